The van der Waals surface area contributed by atoms with Gasteiger partial charge in [-0.25, -0.2) is 0 Å². The molecule has 0 unspecified atom stereocenters. The number of rotatable bonds is 5. The van der Waals surface area contributed by atoms with Crippen molar-refractivity contribution in [2.75, 3.05) is 31.5 Å². The molecule has 2 rings (SSSR count). The summed E-state index contributed by atoms with van der Waals surface area (Å²) in [5.41, 5.74) is 1.14. The van der Waals surface area contributed by atoms with Gasteiger partial charge in [0.2, 0.25) is 0 Å². The Morgan fingerprint density at radius 1 is 1.40 bits per heavy atom. The number of anilines is 1. The van der Waals surface area contributed by atoms with Crippen molar-refractivity contribution in [1.82, 2.24) is 14.7 Å². The maximum atomic E-state index is 4.23. The molecule has 15 heavy (non-hydrogen) atoms. The van der Waals surface area contributed by atoms with Crippen LogP contribution >= 0.6 is 0 Å². The molecule has 0 amide bonds. The first-order chi connectivity index (χ1) is 7.38. The van der Waals surface area contributed by atoms with E-state index in [0.29, 0.717) is 0 Å². The van der Waals surface area contributed by atoms with Gasteiger partial charge in [-0.1, -0.05) is 0 Å². The van der Waals surface area contributed by atoms with E-state index in [0.717, 1.165) is 25.3 Å². The second-order valence-corrected chi connectivity index (χ2v) is 4.06. The van der Waals surface area contributed by atoms with Crippen LogP contribution in [-0.4, -0.2) is 40.9 Å². The molecule has 1 aromatic heterocycles. The molecule has 1 N–H and O–H groups in total. The van der Waals surface area contributed by atoms with Gasteiger partial charge in [0.25, 0.3) is 0 Å². The first kappa shape index (κ1) is 10.5. The maximum Gasteiger partial charge on any atom is 0.0726 e. The van der Waals surface area contributed by atoms with Gasteiger partial charge in [-0.2, -0.15) is 5.10 Å². The minimum Gasteiger partial charge on any atom is -0.381 e. The van der Waals surface area contributed by atoms with Crippen LogP contribution in [0.5, 0.6) is 0 Å². The normalized spacial score (nSPS) is 17.1. The molecule has 1 aliphatic rings. The first-order valence-corrected chi connectivity index (χ1v) is 5.87. The fourth-order valence-electron chi connectivity index (χ4n) is 1.99. The van der Waals surface area contributed by atoms with Gasteiger partial charge < -0.3 is 10.2 Å². The quantitative estimate of drug-likeness (QED) is 0.794. The molecule has 2 heterocycles. The molecule has 1 aromatic rings. The Kier molecular flexibility index (Phi) is 3.61. The highest BCUT2D eigenvalue weighted by atomic mass is 15.3. The Labute approximate surface area is 91.3 Å². The van der Waals surface area contributed by atoms with Crippen molar-refractivity contribution in [2.45, 2.75) is 26.3 Å². The van der Waals surface area contributed by atoms with E-state index in [9.17, 15) is 0 Å². The molecule has 4 nitrogen and oxygen atoms in total. The van der Waals surface area contributed by atoms with E-state index in [1.807, 2.05) is 10.9 Å². The third-order valence-electron chi connectivity index (χ3n) is 2.91. The topological polar surface area (TPSA) is 33.1 Å². The second kappa shape index (κ2) is 5.16. The van der Waals surface area contributed by atoms with Gasteiger partial charge in [0, 0.05) is 25.8 Å². The van der Waals surface area contributed by atoms with Gasteiger partial charge >= 0.3 is 0 Å². The van der Waals surface area contributed by atoms with Crippen molar-refractivity contribution in [1.29, 1.82) is 0 Å². The highest BCUT2D eigenvalue weighted by molar-refractivity contribution is 5.37. The summed E-state index contributed by atoms with van der Waals surface area (Å²) in [6, 6.07) is 0. The zero-order valence-corrected chi connectivity index (χ0v) is 9.45. The van der Waals surface area contributed by atoms with E-state index >= 15 is 0 Å². The van der Waals surface area contributed by atoms with Crippen molar-refractivity contribution >= 4 is 5.69 Å². The summed E-state index contributed by atoms with van der Waals surface area (Å²) in [4.78, 5) is 2.51. The fourth-order valence-corrected chi connectivity index (χ4v) is 1.99. The molecule has 1 saturated heterocycles. The molecular weight excluding hydrogens is 188 g/mol. The zero-order valence-electron chi connectivity index (χ0n) is 9.45. The van der Waals surface area contributed by atoms with Crippen LogP contribution in [0.15, 0.2) is 12.4 Å². The Morgan fingerprint density at radius 3 is 2.87 bits per heavy atom. The van der Waals surface area contributed by atoms with E-state index in [2.05, 4.69) is 28.4 Å². The lowest BCUT2D eigenvalue weighted by Crippen LogP contribution is -2.25. The molecule has 84 valence electrons. The highest BCUT2D eigenvalue weighted by Crippen LogP contribution is 2.07. The van der Waals surface area contributed by atoms with E-state index in [1.165, 1.54) is 25.9 Å². The molecule has 0 radical (unpaired) electrons. The van der Waals surface area contributed by atoms with E-state index in [1.54, 1.807) is 0 Å². The van der Waals surface area contributed by atoms with Crippen LogP contribution in [0.4, 0.5) is 5.69 Å². The standard InChI is InChI=1S/C11H20N4/c1-2-15-10-11(9-13-15)12-5-8-14-6-3-4-7-14/h9-10,12H,2-8H2,1H3. The SMILES string of the molecule is CCn1cc(NCCN2CCCC2)cn1. The zero-order chi connectivity index (χ0) is 10.5. The van der Waals surface area contributed by atoms with Gasteiger partial charge in [-0.05, 0) is 32.9 Å². The van der Waals surface area contributed by atoms with Gasteiger partial charge in [0.15, 0.2) is 0 Å². The van der Waals surface area contributed by atoms with Crippen LogP contribution in [0.2, 0.25) is 0 Å². The number of likely N-dealkylation sites (tertiary alicyclic amines) is 1. The van der Waals surface area contributed by atoms with E-state index in [4.69, 9.17) is 0 Å². The average Bonchev–Trinajstić information content (AvgIpc) is 2.88. The molecule has 0 bridgehead atoms. The van der Waals surface area contributed by atoms with Crippen LogP contribution in [0, 0.1) is 0 Å². The molecule has 0 spiro atoms. The second-order valence-electron chi connectivity index (χ2n) is 4.06. The minimum absolute atomic E-state index is 0.938. The van der Waals surface area contributed by atoms with Gasteiger partial charge in [-0.15, -0.1) is 0 Å². The number of aromatic nitrogens is 2. The van der Waals surface area contributed by atoms with Gasteiger partial charge in [-0.3, -0.25) is 4.68 Å². The largest absolute Gasteiger partial charge is 0.381 e. The summed E-state index contributed by atoms with van der Waals surface area (Å²) < 4.78 is 1.94. The third-order valence-corrected chi connectivity index (χ3v) is 2.91. The number of aryl methyl sites for hydroxylation is 1. The first-order valence-electron chi connectivity index (χ1n) is 5.87. The lowest BCUT2D eigenvalue weighted by Gasteiger charge is -2.14. The Morgan fingerprint density at radius 2 is 2.20 bits per heavy atom. The van der Waals surface area contributed by atoms with Crippen LogP contribution < -0.4 is 5.32 Å². The third kappa shape index (κ3) is 2.96. The average molecular weight is 208 g/mol. The minimum atomic E-state index is 0.938. The lowest BCUT2D eigenvalue weighted by molar-refractivity contribution is 0.352. The van der Waals surface area contributed by atoms with Crippen molar-refractivity contribution < 1.29 is 0 Å². The molecule has 1 aliphatic heterocycles. The monoisotopic (exact) mass is 208 g/mol. The van der Waals surface area contributed by atoms with Crippen molar-refractivity contribution in [3.8, 4) is 0 Å². The molecule has 0 aromatic carbocycles. The number of nitrogens with one attached hydrogen (secondary N) is 1. The molecule has 0 atom stereocenters. The van der Waals surface area contributed by atoms with Gasteiger partial charge in [0.05, 0.1) is 11.9 Å². The Hall–Kier alpha value is -1.03. The Balaban J connectivity index is 1.68. The number of nitrogens with zero attached hydrogens (tertiary/aromatic N) is 3. The van der Waals surface area contributed by atoms with Crippen LogP contribution in [0.25, 0.3) is 0 Å². The molecule has 0 saturated carbocycles. The summed E-state index contributed by atoms with van der Waals surface area (Å²) in [6.07, 6.45) is 6.69. The van der Waals surface area contributed by atoms with Crippen LogP contribution in [-0.2, 0) is 6.54 Å². The fraction of sp³-hybridized carbons (Fsp3) is 0.727. The predicted molar refractivity (Wildman–Crippen MR) is 62.1 cm³/mol. The van der Waals surface area contributed by atoms with E-state index in [-0.39, 0.29) is 0 Å². The van der Waals surface area contributed by atoms with Crippen molar-refractivity contribution in [2.24, 2.45) is 0 Å². The highest BCUT2D eigenvalue weighted by Gasteiger charge is 2.10. The maximum absolute atomic E-state index is 4.23. The summed E-state index contributed by atoms with van der Waals surface area (Å²) in [5.74, 6) is 0. The molecule has 1 fully saturated rings. The summed E-state index contributed by atoms with van der Waals surface area (Å²) in [5, 5.41) is 7.63. The predicted octanol–water partition coefficient (Wildman–Crippen LogP) is 1.41. The lowest BCUT2D eigenvalue weighted by atomic mass is 10.4. The van der Waals surface area contributed by atoms with Crippen LogP contribution in [0.1, 0.15) is 19.8 Å². The molecule has 0 aliphatic carbocycles. The number of hydrogen-bond donors (Lipinski definition) is 1. The molecule has 4 heteroatoms. The smallest absolute Gasteiger partial charge is 0.0726 e. The summed E-state index contributed by atoms with van der Waals surface area (Å²) in [7, 11) is 0. The van der Waals surface area contributed by atoms with E-state index < -0.39 is 0 Å². The molecular formula is C11H20N4. The van der Waals surface area contributed by atoms with Gasteiger partial charge in [0.1, 0.15) is 0 Å². The van der Waals surface area contributed by atoms with Crippen LogP contribution in [0.3, 0.4) is 0 Å². The van der Waals surface area contributed by atoms with Crippen molar-refractivity contribution in [3.05, 3.63) is 12.4 Å². The number of hydrogen-bond acceptors (Lipinski definition) is 3. The van der Waals surface area contributed by atoms with Crippen molar-refractivity contribution in [3.63, 3.8) is 0 Å². The Bertz CT molecular complexity index is 289. The summed E-state index contributed by atoms with van der Waals surface area (Å²) >= 11 is 0. The summed E-state index contributed by atoms with van der Waals surface area (Å²) in [6.45, 7) is 7.76.